The van der Waals surface area contributed by atoms with E-state index in [2.05, 4.69) is 15.6 Å². The zero-order chi connectivity index (χ0) is 13.8. The van der Waals surface area contributed by atoms with Gasteiger partial charge in [0.25, 0.3) is 0 Å². The molecule has 19 heavy (non-hydrogen) atoms. The number of pyridine rings is 1. The number of amides is 2. The van der Waals surface area contributed by atoms with Gasteiger partial charge in [-0.15, -0.1) is 0 Å². The van der Waals surface area contributed by atoms with E-state index in [1.54, 1.807) is 11.1 Å². The molecule has 2 amide bonds. The van der Waals surface area contributed by atoms with Crippen molar-refractivity contribution in [1.82, 2.24) is 15.6 Å². The lowest BCUT2D eigenvalue weighted by Crippen LogP contribution is -2.52. The standard InChI is InChI=1S/C13H18N4O2/c1-3-14-5-10-4-9(2)13(15-6-10)17-7-11(18)16-12(19)8-17/h4,6,14H,3,5,7-8H2,1-2H3,(H,16,18,19). The molecule has 1 aliphatic rings. The molecule has 0 unspecified atom stereocenters. The Labute approximate surface area is 112 Å². The normalized spacial score (nSPS) is 15.6. The van der Waals surface area contributed by atoms with E-state index in [0.717, 1.165) is 24.2 Å². The number of piperazine rings is 1. The zero-order valence-corrected chi connectivity index (χ0v) is 11.2. The van der Waals surface area contributed by atoms with Crippen molar-refractivity contribution in [3.05, 3.63) is 23.4 Å². The number of imide groups is 1. The van der Waals surface area contributed by atoms with Crippen LogP contribution in [0.3, 0.4) is 0 Å². The summed E-state index contributed by atoms with van der Waals surface area (Å²) in [4.78, 5) is 28.8. The van der Waals surface area contributed by atoms with Gasteiger partial charge in [-0.3, -0.25) is 14.9 Å². The Balaban J connectivity index is 2.16. The Morgan fingerprint density at radius 2 is 2.05 bits per heavy atom. The van der Waals surface area contributed by atoms with Gasteiger partial charge in [0.15, 0.2) is 0 Å². The van der Waals surface area contributed by atoms with E-state index < -0.39 is 0 Å². The summed E-state index contributed by atoms with van der Waals surface area (Å²) in [6.07, 6.45) is 1.78. The number of aromatic nitrogens is 1. The number of carbonyl (C=O) groups is 2. The maximum absolute atomic E-state index is 11.4. The van der Waals surface area contributed by atoms with Crippen LogP contribution in [-0.4, -0.2) is 36.4 Å². The molecule has 0 atom stereocenters. The predicted molar refractivity (Wildman–Crippen MR) is 71.7 cm³/mol. The molecule has 6 heteroatoms. The summed E-state index contributed by atoms with van der Waals surface area (Å²) in [6, 6.07) is 2.03. The molecule has 0 aliphatic carbocycles. The Kier molecular flexibility index (Phi) is 4.11. The number of nitrogens with zero attached hydrogens (tertiary/aromatic N) is 2. The number of hydrogen-bond acceptors (Lipinski definition) is 5. The maximum Gasteiger partial charge on any atom is 0.246 e. The van der Waals surface area contributed by atoms with E-state index in [1.807, 2.05) is 19.9 Å². The number of carbonyl (C=O) groups excluding carboxylic acids is 2. The molecule has 0 spiro atoms. The van der Waals surface area contributed by atoms with Crippen LogP contribution in [0.1, 0.15) is 18.1 Å². The molecule has 1 fully saturated rings. The van der Waals surface area contributed by atoms with Crippen LogP contribution in [0.2, 0.25) is 0 Å². The third-order valence-electron chi connectivity index (χ3n) is 2.93. The van der Waals surface area contributed by atoms with Crippen molar-refractivity contribution in [2.75, 3.05) is 24.5 Å². The van der Waals surface area contributed by atoms with Gasteiger partial charge in [0.2, 0.25) is 11.8 Å². The minimum atomic E-state index is -0.283. The SMILES string of the molecule is CCNCc1cnc(N2CC(=O)NC(=O)C2)c(C)c1. The average Bonchev–Trinajstić information content (AvgIpc) is 2.35. The first kappa shape index (κ1) is 13.5. The molecule has 6 nitrogen and oxygen atoms in total. The van der Waals surface area contributed by atoms with Gasteiger partial charge >= 0.3 is 0 Å². The Morgan fingerprint density at radius 1 is 1.37 bits per heavy atom. The van der Waals surface area contributed by atoms with E-state index >= 15 is 0 Å². The summed E-state index contributed by atoms with van der Waals surface area (Å²) in [7, 11) is 0. The number of anilines is 1. The molecule has 2 rings (SSSR count). The molecule has 0 bridgehead atoms. The van der Waals surface area contributed by atoms with Crippen LogP contribution in [-0.2, 0) is 16.1 Å². The topological polar surface area (TPSA) is 74.3 Å². The largest absolute Gasteiger partial charge is 0.338 e. The first-order valence-electron chi connectivity index (χ1n) is 6.34. The molecule has 0 saturated carbocycles. The summed E-state index contributed by atoms with van der Waals surface area (Å²) in [5.41, 5.74) is 2.06. The zero-order valence-electron chi connectivity index (χ0n) is 11.2. The van der Waals surface area contributed by atoms with Crippen molar-refractivity contribution in [2.24, 2.45) is 0 Å². The summed E-state index contributed by atoms with van der Waals surface area (Å²) >= 11 is 0. The molecule has 102 valence electrons. The lowest BCUT2D eigenvalue weighted by Gasteiger charge is -2.27. The van der Waals surface area contributed by atoms with Gasteiger partial charge in [-0.25, -0.2) is 4.98 Å². The quantitative estimate of drug-likeness (QED) is 0.745. The number of nitrogens with one attached hydrogen (secondary N) is 2. The minimum absolute atomic E-state index is 0.173. The highest BCUT2D eigenvalue weighted by atomic mass is 16.2. The van der Waals surface area contributed by atoms with Gasteiger partial charge in [0.05, 0.1) is 13.1 Å². The Morgan fingerprint density at radius 3 is 2.63 bits per heavy atom. The monoisotopic (exact) mass is 262 g/mol. The predicted octanol–water partition coefficient (Wildman–Crippen LogP) is -0.0377. The third kappa shape index (κ3) is 3.29. The van der Waals surface area contributed by atoms with Gasteiger partial charge in [-0.1, -0.05) is 6.92 Å². The first-order chi connectivity index (χ1) is 9.10. The average molecular weight is 262 g/mol. The van der Waals surface area contributed by atoms with Crippen LogP contribution >= 0.6 is 0 Å². The molecular formula is C13H18N4O2. The number of rotatable bonds is 4. The Hall–Kier alpha value is -1.95. The third-order valence-corrected chi connectivity index (χ3v) is 2.93. The maximum atomic E-state index is 11.4. The van der Waals surface area contributed by atoms with Crippen molar-refractivity contribution in [1.29, 1.82) is 0 Å². The van der Waals surface area contributed by atoms with Crippen LogP contribution in [0.5, 0.6) is 0 Å². The summed E-state index contributed by atoms with van der Waals surface area (Å²) in [5.74, 6) is 0.131. The highest BCUT2D eigenvalue weighted by Gasteiger charge is 2.24. The fourth-order valence-corrected chi connectivity index (χ4v) is 2.11. The molecular weight excluding hydrogens is 244 g/mol. The van der Waals surface area contributed by atoms with Gasteiger partial charge in [-0.05, 0) is 30.7 Å². The highest BCUT2D eigenvalue weighted by molar-refractivity contribution is 6.02. The van der Waals surface area contributed by atoms with Gasteiger partial charge in [0.1, 0.15) is 5.82 Å². The van der Waals surface area contributed by atoms with Crippen molar-refractivity contribution in [3.63, 3.8) is 0 Å². The first-order valence-corrected chi connectivity index (χ1v) is 6.34. The van der Waals surface area contributed by atoms with Crippen molar-refractivity contribution in [2.45, 2.75) is 20.4 Å². The van der Waals surface area contributed by atoms with Gasteiger partial charge in [-0.2, -0.15) is 0 Å². The second kappa shape index (κ2) is 5.79. The van der Waals surface area contributed by atoms with Crippen LogP contribution < -0.4 is 15.5 Å². The second-order valence-corrected chi connectivity index (χ2v) is 4.59. The second-order valence-electron chi connectivity index (χ2n) is 4.59. The van der Waals surface area contributed by atoms with Crippen LogP contribution in [0.25, 0.3) is 0 Å². The molecule has 0 radical (unpaired) electrons. The van der Waals surface area contributed by atoms with Crippen LogP contribution in [0, 0.1) is 6.92 Å². The van der Waals surface area contributed by atoms with E-state index in [9.17, 15) is 9.59 Å². The highest BCUT2D eigenvalue weighted by Crippen LogP contribution is 2.18. The lowest BCUT2D eigenvalue weighted by atomic mass is 10.2. The van der Waals surface area contributed by atoms with Crippen molar-refractivity contribution in [3.8, 4) is 0 Å². The van der Waals surface area contributed by atoms with Crippen LogP contribution in [0.15, 0.2) is 12.3 Å². The molecule has 0 aromatic carbocycles. The fraction of sp³-hybridized carbons (Fsp3) is 0.462. The van der Waals surface area contributed by atoms with Crippen LogP contribution in [0.4, 0.5) is 5.82 Å². The van der Waals surface area contributed by atoms with E-state index in [4.69, 9.17) is 0 Å². The minimum Gasteiger partial charge on any atom is -0.338 e. The number of hydrogen-bond donors (Lipinski definition) is 2. The molecule has 2 N–H and O–H groups in total. The molecule has 1 aromatic rings. The van der Waals surface area contributed by atoms with Gasteiger partial charge in [0, 0.05) is 12.7 Å². The van der Waals surface area contributed by atoms with E-state index in [1.165, 1.54) is 0 Å². The molecule has 1 aliphatic heterocycles. The smallest absolute Gasteiger partial charge is 0.246 e. The van der Waals surface area contributed by atoms with E-state index in [-0.39, 0.29) is 24.9 Å². The summed E-state index contributed by atoms with van der Waals surface area (Å²) in [5, 5.41) is 5.51. The van der Waals surface area contributed by atoms with Gasteiger partial charge < -0.3 is 10.2 Å². The van der Waals surface area contributed by atoms with E-state index in [0.29, 0.717) is 5.82 Å². The summed E-state index contributed by atoms with van der Waals surface area (Å²) in [6.45, 7) is 6.01. The summed E-state index contributed by atoms with van der Waals surface area (Å²) < 4.78 is 0. The molecule has 1 aromatic heterocycles. The Bertz CT molecular complexity index is 485. The van der Waals surface area contributed by atoms with Crippen molar-refractivity contribution < 1.29 is 9.59 Å². The van der Waals surface area contributed by atoms with Crippen molar-refractivity contribution >= 4 is 17.6 Å². The molecule has 2 heterocycles. The lowest BCUT2D eigenvalue weighted by molar-refractivity contribution is -0.130. The fourth-order valence-electron chi connectivity index (χ4n) is 2.11. The number of aryl methyl sites for hydroxylation is 1. The molecule has 1 saturated heterocycles.